The SMILES string of the molecule is C=CC(O)c1ccc(OC)c([N+](=O)[O-])c1N. The number of hydrogen-bond donors (Lipinski definition) is 2. The number of methoxy groups -OCH3 is 1. The molecule has 3 N–H and O–H groups in total. The molecule has 0 heterocycles. The summed E-state index contributed by atoms with van der Waals surface area (Å²) in [7, 11) is 1.31. The van der Waals surface area contributed by atoms with E-state index < -0.39 is 11.0 Å². The molecular weight excluding hydrogens is 212 g/mol. The van der Waals surface area contributed by atoms with Crippen LogP contribution >= 0.6 is 0 Å². The molecule has 1 rings (SSSR count). The van der Waals surface area contributed by atoms with Gasteiger partial charge in [0.1, 0.15) is 5.69 Å². The first-order valence-corrected chi connectivity index (χ1v) is 4.44. The molecule has 0 saturated carbocycles. The van der Waals surface area contributed by atoms with E-state index in [4.69, 9.17) is 10.5 Å². The molecule has 1 unspecified atom stereocenters. The minimum atomic E-state index is -1.04. The normalized spacial score (nSPS) is 11.9. The Morgan fingerprint density at radius 2 is 2.31 bits per heavy atom. The lowest BCUT2D eigenvalue weighted by atomic mass is 10.1. The molecule has 0 aromatic heterocycles. The Balaban J connectivity index is 3.43. The van der Waals surface area contributed by atoms with Crippen molar-refractivity contribution in [2.45, 2.75) is 6.10 Å². The molecule has 6 nitrogen and oxygen atoms in total. The molecule has 0 saturated heterocycles. The van der Waals surface area contributed by atoms with Gasteiger partial charge in [-0.1, -0.05) is 6.08 Å². The fraction of sp³-hybridized carbons (Fsp3) is 0.200. The number of rotatable bonds is 4. The maximum Gasteiger partial charge on any atom is 0.333 e. The summed E-state index contributed by atoms with van der Waals surface area (Å²) in [5.74, 6) is 0.0579. The van der Waals surface area contributed by atoms with E-state index in [1.165, 1.54) is 25.3 Å². The van der Waals surface area contributed by atoms with Crippen molar-refractivity contribution in [1.29, 1.82) is 0 Å². The maximum absolute atomic E-state index is 10.8. The van der Waals surface area contributed by atoms with Gasteiger partial charge in [-0.05, 0) is 12.1 Å². The van der Waals surface area contributed by atoms with Gasteiger partial charge in [0.05, 0.1) is 18.1 Å². The van der Waals surface area contributed by atoms with E-state index in [0.29, 0.717) is 0 Å². The van der Waals surface area contributed by atoms with Crippen LogP contribution in [0.5, 0.6) is 5.75 Å². The number of nitrogens with two attached hydrogens (primary N) is 1. The Hall–Kier alpha value is -2.08. The van der Waals surface area contributed by atoms with Crippen molar-refractivity contribution in [3.8, 4) is 5.75 Å². The highest BCUT2D eigenvalue weighted by molar-refractivity contribution is 5.70. The van der Waals surface area contributed by atoms with Crippen molar-refractivity contribution in [3.63, 3.8) is 0 Å². The summed E-state index contributed by atoms with van der Waals surface area (Å²) >= 11 is 0. The van der Waals surface area contributed by atoms with Gasteiger partial charge in [-0.15, -0.1) is 6.58 Å². The number of aliphatic hydroxyl groups excluding tert-OH is 1. The second-order valence-electron chi connectivity index (χ2n) is 3.06. The van der Waals surface area contributed by atoms with E-state index >= 15 is 0 Å². The van der Waals surface area contributed by atoms with E-state index in [-0.39, 0.29) is 22.7 Å². The quantitative estimate of drug-likeness (QED) is 0.348. The van der Waals surface area contributed by atoms with Gasteiger partial charge in [0, 0.05) is 5.56 Å². The average molecular weight is 224 g/mol. The molecule has 1 atom stereocenters. The number of nitrogen functional groups attached to an aromatic ring is 1. The highest BCUT2D eigenvalue weighted by Crippen LogP contribution is 2.37. The molecule has 0 bridgehead atoms. The van der Waals surface area contributed by atoms with E-state index in [2.05, 4.69) is 6.58 Å². The highest BCUT2D eigenvalue weighted by Gasteiger charge is 2.23. The zero-order valence-corrected chi connectivity index (χ0v) is 8.71. The molecular formula is C10H12N2O4. The molecule has 0 aliphatic carbocycles. The van der Waals surface area contributed by atoms with Crippen molar-refractivity contribution in [2.24, 2.45) is 0 Å². The zero-order valence-electron chi connectivity index (χ0n) is 8.71. The highest BCUT2D eigenvalue weighted by atomic mass is 16.6. The van der Waals surface area contributed by atoms with Crippen LogP contribution in [-0.4, -0.2) is 17.1 Å². The van der Waals surface area contributed by atoms with Gasteiger partial charge in [-0.3, -0.25) is 10.1 Å². The Bertz CT molecular complexity index is 431. The standard InChI is InChI=1S/C10H12N2O4/c1-3-7(13)6-4-5-8(16-2)10(9(6)11)12(14)15/h3-5,7,13H,1,11H2,2H3. The van der Waals surface area contributed by atoms with Crippen LogP contribution in [0.25, 0.3) is 0 Å². The van der Waals surface area contributed by atoms with Gasteiger partial charge in [0.25, 0.3) is 0 Å². The first-order chi connectivity index (χ1) is 7.52. The summed E-state index contributed by atoms with van der Waals surface area (Å²) in [6, 6.07) is 2.85. The number of aliphatic hydroxyl groups is 1. The van der Waals surface area contributed by atoms with Gasteiger partial charge in [-0.25, -0.2) is 0 Å². The molecule has 0 radical (unpaired) electrons. The number of ether oxygens (including phenoxy) is 1. The van der Waals surface area contributed by atoms with Crippen LogP contribution in [0.15, 0.2) is 24.8 Å². The fourth-order valence-electron chi connectivity index (χ4n) is 1.34. The van der Waals surface area contributed by atoms with Crippen molar-refractivity contribution >= 4 is 11.4 Å². The van der Waals surface area contributed by atoms with Gasteiger partial charge in [0.2, 0.25) is 0 Å². The lowest BCUT2D eigenvalue weighted by Crippen LogP contribution is -2.05. The molecule has 1 aromatic rings. The van der Waals surface area contributed by atoms with Crippen molar-refractivity contribution in [3.05, 3.63) is 40.5 Å². The minimum absolute atomic E-state index is 0.0579. The zero-order chi connectivity index (χ0) is 12.3. The summed E-state index contributed by atoms with van der Waals surface area (Å²) in [6.07, 6.45) is 0.201. The van der Waals surface area contributed by atoms with E-state index in [1.54, 1.807) is 0 Å². The predicted octanol–water partition coefficient (Wildman–Crippen LogP) is 1.40. The summed E-state index contributed by atoms with van der Waals surface area (Å²) in [5, 5.41) is 20.3. The van der Waals surface area contributed by atoms with Crippen LogP contribution < -0.4 is 10.5 Å². The van der Waals surface area contributed by atoms with Crippen LogP contribution in [0.2, 0.25) is 0 Å². The van der Waals surface area contributed by atoms with Crippen LogP contribution in [0.3, 0.4) is 0 Å². The number of nitro groups is 1. The number of nitrogens with zero attached hydrogens (tertiary/aromatic N) is 1. The van der Waals surface area contributed by atoms with E-state index in [9.17, 15) is 15.2 Å². The smallest absolute Gasteiger partial charge is 0.333 e. The Labute approximate surface area is 92.1 Å². The Morgan fingerprint density at radius 1 is 1.69 bits per heavy atom. The monoisotopic (exact) mass is 224 g/mol. The Morgan fingerprint density at radius 3 is 2.75 bits per heavy atom. The minimum Gasteiger partial charge on any atom is -0.490 e. The number of anilines is 1. The van der Waals surface area contributed by atoms with Crippen LogP contribution in [-0.2, 0) is 0 Å². The summed E-state index contributed by atoms with van der Waals surface area (Å²) < 4.78 is 4.83. The summed E-state index contributed by atoms with van der Waals surface area (Å²) in [6.45, 7) is 3.39. The summed E-state index contributed by atoms with van der Waals surface area (Å²) in [4.78, 5) is 10.2. The van der Waals surface area contributed by atoms with Crippen LogP contribution in [0.4, 0.5) is 11.4 Å². The summed E-state index contributed by atoms with van der Waals surface area (Å²) in [5.41, 5.74) is 5.39. The predicted molar refractivity (Wildman–Crippen MR) is 59.2 cm³/mol. The molecule has 86 valence electrons. The van der Waals surface area contributed by atoms with Crippen LogP contribution in [0.1, 0.15) is 11.7 Å². The molecule has 0 fully saturated rings. The third-order valence-electron chi connectivity index (χ3n) is 2.16. The van der Waals surface area contributed by atoms with Crippen molar-refractivity contribution < 1.29 is 14.8 Å². The van der Waals surface area contributed by atoms with Gasteiger partial charge >= 0.3 is 5.69 Å². The topological polar surface area (TPSA) is 98.6 Å². The molecule has 0 spiro atoms. The Kier molecular flexibility index (Phi) is 3.47. The second kappa shape index (κ2) is 4.63. The number of nitro benzene ring substituents is 1. The fourth-order valence-corrected chi connectivity index (χ4v) is 1.34. The first kappa shape index (κ1) is 12.0. The molecule has 0 aliphatic rings. The largest absolute Gasteiger partial charge is 0.490 e. The van der Waals surface area contributed by atoms with Gasteiger partial charge < -0.3 is 15.6 Å². The molecule has 6 heteroatoms. The van der Waals surface area contributed by atoms with Crippen molar-refractivity contribution in [1.82, 2.24) is 0 Å². The third kappa shape index (κ3) is 1.96. The molecule has 0 amide bonds. The number of benzene rings is 1. The first-order valence-electron chi connectivity index (χ1n) is 4.44. The molecule has 16 heavy (non-hydrogen) atoms. The molecule has 1 aromatic carbocycles. The van der Waals surface area contributed by atoms with Crippen LogP contribution in [0, 0.1) is 10.1 Å². The lowest BCUT2D eigenvalue weighted by Gasteiger charge is -2.11. The van der Waals surface area contributed by atoms with Crippen molar-refractivity contribution in [2.75, 3.05) is 12.8 Å². The second-order valence-corrected chi connectivity index (χ2v) is 3.06. The average Bonchev–Trinajstić information content (AvgIpc) is 2.26. The van der Waals surface area contributed by atoms with Gasteiger partial charge in [-0.2, -0.15) is 0 Å². The maximum atomic E-state index is 10.8. The van der Waals surface area contributed by atoms with E-state index in [1.807, 2.05) is 0 Å². The number of hydrogen-bond acceptors (Lipinski definition) is 5. The van der Waals surface area contributed by atoms with E-state index in [0.717, 1.165) is 0 Å². The molecule has 0 aliphatic heterocycles. The third-order valence-corrected chi connectivity index (χ3v) is 2.16. The lowest BCUT2D eigenvalue weighted by molar-refractivity contribution is -0.384. The van der Waals surface area contributed by atoms with Gasteiger partial charge in [0.15, 0.2) is 5.75 Å².